The molecule has 1 aromatic carbocycles. The van der Waals surface area contributed by atoms with Crippen molar-refractivity contribution in [3.05, 3.63) is 34.9 Å². The van der Waals surface area contributed by atoms with Gasteiger partial charge < -0.3 is 15.4 Å². The van der Waals surface area contributed by atoms with Crippen LogP contribution in [0.4, 0.5) is 0 Å². The van der Waals surface area contributed by atoms with Gasteiger partial charge in [-0.05, 0) is 37.5 Å². The van der Waals surface area contributed by atoms with Crippen molar-refractivity contribution in [3.8, 4) is 0 Å². The van der Waals surface area contributed by atoms with Crippen molar-refractivity contribution in [2.24, 2.45) is 4.99 Å². The first-order valence-electron chi connectivity index (χ1n) is 8.28. The van der Waals surface area contributed by atoms with E-state index < -0.39 is 0 Å². The van der Waals surface area contributed by atoms with Gasteiger partial charge in [-0.1, -0.05) is 37.6 Å². The number of ether oxygens (including phenoxy) is 1. The van der Waals surface area contributed by atoms with Crippen LogP contribution < -0.4 is 10.6 Å². The van der Waals surface area contributed by atoms with Gasteiger partial charge in [0.25, 0.3) is 0 Å². The smallest absolute Gasteiger partial charge is 0.191 e. The van der Waals surface area contributed by atoms with Crippen LogP contribution in [0.2, 0.25) is 5.02 Å². The fourth-order valence-corrected chi connectivity index (χ4v) is 2.41. The van der Waals surface area contributed by atoms with E-state index in [1.54, 1.807) is 7.05 Å². The molecule has 0 atom stereocenters. The molecule has 0 saturated carbocycles. The standard InChI is InChI=1S/C18H30ClN3O/c1-5-23-12-7-6-11-21-17(20-4)22-14-18(2,3)15-9-8-10-16(19)13-15/h8-10,13H,5-7,11-12,14H2,1-4H3,(H2,20,21,22). The maximum Gasteiger partial charge on any atom is 0.191 e. The Labute approximate surface area is 145 Å². The zero-order valence-corrected chi connectivity index (χ0v) is 15.5. The van der Waals surface area contributed by atoms with Crippen molar-refractivity contribution in [3.63, 3.8) is 0 Å². The Kier molecular flexibility index (Phi) is 9.03. The second kappa shape index (κ2) is 10.5. The summed E-state index contributed by atoms with van der Waals surface area (Å²) in [5, 5.41) is 7.50. The molecule has 0 spiro atoms. The molecule has 0 aliphatic heterocycles. The van der Waals surface area contributed by atoms with E-state index in [0.29, 0.717) is 0 Å². The van der Waals surface area contributed by atoms with Crippen LogP contribution in [0.3, 0.4) is 0 Å². The average molecular weight is 340 g/mol. The third kappa shape index (κ3) is 7.71. The maximum atomic E-state index is 6.09. The van der Waals surface area contributed by atoms with Crippen LogP contribution in [0.1, 0.15) is 39.2 Å². The van der Waals surface area contributed by atoms with Gasteiger partial charge >= 0.3 is 0 Å². The van der Waals surface area contributed by atoms with Crippen molar-refractivity contribution in [2.75, 3.05) is 33.4 Å². The van der Waals surface area contributed by atoms with Gasteiger partial charge in [0, 0.05) is 43.8 Å². The maximum absolute atomic E-state index is 6.09. The van der Waals surface area contributed by atoms with Crippen molar-refractivity contribution in [1.82, 2.24) is 10.6 Å². The summed E-state index contributed by atoms with van der Waals surface area (Å²) in [5.74, 6) is 0.830. The first-order valence-corrected chi connectivity index (χ1v) is 8.65. The fourth-order valence-electron chi connectivity index (χ4n) is 2.22. The van der Waals surface area contributed by atoms with E-state index in [4.69, 9.17) is 16.3 Å². The van der Waals surface area contributed by atoms with Crippen LogP contribution in [-0.4, -0.2) is 39.3 Å². The first-order chi connectivity index (χ1) is 11.0. The van der Waals surface area contributed by atoms with Crippen molar-refractivity contribution >= 4 is 17.6 Å². The van der Waals surface area contributed by atoms with Gasteiger partial charge in [-0.15, -0.1) is 0 Å². The average Bonchev–Trinajstić information content (AvgIpc) is 2.53. The molecule has 0 fully saturated rings. The zero-order chi connectivity index (χ0) is 17.1. The Morgan fingerprint density at radius 2 is 2.04 bits per heavy atom. The lowest BCUT2D eigenvalue weighted by molar-refractivity contribution is 0.143. The number of benzene rings is 1. The van der Waals surface area contributed by atoms with Crippen molar-refractivity contribution < 1.29 is 4.74 Å². The molecule has 130 valence electrons. The van der Waals surface area contributed by atoms with Gasteiger partial charge in [0.15, 0.2) is 5.96 Å². The second-order valence-electron chi connectivity index (χ2n) is 6.15. The molecule has 0 heterocycles. The SMILES string of the molecule is CCOCCCCNC(=NC)NCC(C)(C)c1cccc(Cl)c1. The van der Waals surface area contributed by atoms with E-state index in [-0.39, 0.29) is 5.41 Å². The third-order valence-electron chi connectivity index (χ3n) is 3.74. The molecule has 0 unspecified atom stereocenters. The number of nitrogens with one attached hydrogen (secondary N) is 2. The summed E-state index contributed by atoms with van der Waals surface area (Å²) >= 11 is 6.09. The fraction of sp³-hybridized carbons (Fsp3) is 0.611. The summed E-state index contributed by atoms with van der Waals surface area (Å²) in [5.41, 5.74) is 1.18. The molecule has 0 amide bonds. The predicted molar refractivity (Wildman–Crippen MR) is 99.6 cm³/mol. The number of guanidine groups is 1. The lowest BCUT2D eigenvalue weighted by Crippen LogP contribution is -2.43. The summed E-state index contributed by atoms with van der Waals surface area (Å²) in [6.45, 7) is 9.70. The van der Waals surface area contributed by atoms with Gasteiger partial charge in [0.2, 0.25) is 0 Å². The molecular weight excluding hydrogens is 310 g/mol. The Hall–Kier alpha value is -1.26. The number of rotatable bonds is 9. The Balaban J connectivity index is 2.38. The normalized spacial score (nSPS) is 12.3. The molecule has 2 N–H and O–H groups in total. The quantitative estimate of drug-likeness (QED) is 0.410. The Bertz CT molecular complexity index is 489. The highest BCUT2D eigenvalue weighted by Gasteiger charge is 2.21. The van der Waals surface area contributed by atoms with Crippen LogP contribution in [-0.2, 0) is 10.2 Å². The lowest BCUT2D eigenvalue weighted by atomic mass is 9.84. The molecule has 23 heavy (non-hydrogen) atoms. The van der Waals surface area contributed by atoms with E-state index in [9.17, 15) is 0 Å². The lowest BCUT2D eigenvalue weighted by Gasteiger charge is -2.27. The van der Waals surface area contributed by atoms with Crippen molar-refractivity contribution in [1.29, 1.82) is 0 Å². The predicted octanol–water partition coefficient (Wildman–Crippen LogP) is 3.60. The number of nitrogens with zero attached hydrogens (tertiary/aromatic N) is 1. The van der Waals surface area contributed by atoms with Crippen LogP contribution in [0.25, 0.3) is 0 Å². The molecule has 0 saturated heterocycles. The van der Waals surface area contributed by atoms with Gasteiger partial charge in [-0.2, -0.15) is 0 Å². The molecule has 0 radical (unpaired) electrons. The van der Waals surface area contributed by atoms with E-state index in [1.165, 1.54) is 5.56 Å². The van der Waals surface area contributed by atoms with Gasteiger partial charge in [0.1, 0.15) is 0 Å². The van der Waals surface area contributed by atoms with Gasteiger partial charge in [-0.25, -0.2) is 0 Å². The second-order valence-corrected chi connectivity index (χ2v) is 6.59. The molecule has 0 aliphatic carbocycles. The number of halogens is 1. The molecule has 1 aromatic rings. The minimum Gasteiger partial charge on any atom is -0.382 e. The molecule has 5 heteroatoms. The summed E-state index contributed by atoms with van der Waals surface area (Å²) in [6.07, 6.45) is 2.13. The number of hydrogen-bond donors (Lipinski definition) is 2. The van der Waals surface area contributed by atoms with Crippen LogP contribution in [0, 0.1) is 0 Å². The number of aliphatic imine (C=N–C) groups is 1. The van der Waals surface area contributed by atoms with Crippen LogP contribution in [0.5, 0.6) is 0 Å². The monoisotopic (exact) mass is 339 g/mol. The highest BCUT2D eigenvalue weighted by molar-refractivity contribution is 6.30. The topological polar surface area (TPSA) is 45.6 Å². The molecule has 1 rings (SSSR count). The van der Waals surface area contributed by atoms with E-state index in [2.05, 4.69) is 35.5 Å². The third-order valence-corrected chi connectivity index (χ3v) is 3.97. The minimum atomic E-state index is -0.0303. The largest absolute Gasteiger partial charge is 0.382 e. The summed E-state index contributed by atoms with van der Waals surface area (Å²) in [6, 6.07) is 8.02. The summed E-state index contributed by atoms with van der Waals surface area (Å²) in [4.78, 5) is 4.27. The molecule has 0 aliphatic rings. The number of hydrogen-bond acceptors (Lipinski definition) is 2. The van der Waals surface area contributed by atoms with E-state index in [0.717, 1.165) is 50.1 Å². The molecule has 0 bridgehead atoms. The van der Waals surface area contributed by atoms with Crippen molar-refractivity contribution in [2.45, 2.75) is 39.0 Å². The molecule has 0 aromatic heterocycles. The van der Waals surface area contributed by atoms with Gasteiger partial charge in [0.05, 0.1) is 0 Å². The summed E-state index contributed by atoms with van der Waals surface area (Å²) < 4.78 is 5.33. The zero-order valence-electron chi connectivity index (χ0n) is 14.8. The number of unbranched alkanes of at least 4 members (excludes halogenated alkanes) is 1. The summed E-state index contributed by atoms with van der Waals surface area (Å²) in [7, 11) is 1.79. The minimum absolute atomic E-state index is 0.0303. The van der Waals surface area contributed by atoms with E-state index in [1.807, 2.05) is 25.1 Å². The highest BCUT2D eigenvalue weighted by Crippen LogP contribution is 2.24. The Morgan fingerprint density at radius 1 is 1.26 bits per heavy atom. The van der Waals surface area contributed by atoms with E-state index >= 15 is 0 Å². The highest BCUT2D eigenvalue weighted by atomic mass is 35.5. The molecular formula is C18H30ClN3O. The van der Waals surface area contributed by atoms with Crippen LogP contribution >= 0.6 is 11.6 Å². The van der Waals surface area contributed by atoms with Gasteiger partial charge in [-0.3, -0.25) is 4.99 Å². The molecule has 4 nitrogen and oxygen atoms in total. The first kappa shape index (κ1) is 19.8. The van der Waals surface area contributed by atoms with Crippen LogP contribution in [0.15, 0.2) is 29.3 Å². The Morgan fingerprint density at radius 3 is 2.70 bits per heavy atom.